The summed E-state index contributed by atoms with van der Waals surface area (Å²) in [6.07, 6.45) is 5.13. The molecule has 5 rings (SSSR count). The van der Waals surface area contributed by atoms with Crippen molar-refractivity contribution in [1.82, 2.24) is 10.2 Å². The van der Waals surface area contributed by atoms with Crippen LogP contribution < -0.4 is 5.32 Å². The zero-order chi connectivity index (χ0) is 18.4. The van der Waals surface area contributed by atoms with Gasteiger partial charge in [-0.2, -0.15) is 0 Å². The first-order valence-corrected chi connectivity index (χ1v) is 10.9. The molecule has 4 heterocycles. The van der Waals surface area contributed by atoms with Gasteiger partial charge in [0.15, 0.2) is 0 Å². The monoisotopic (exact) mass is 390 g/mol. The van der Waals surface area contributed by atoms with Gasteiger partial charge in [-0.3, -0.25) is 9.59 Å². The van der Waals surface area contributed by atoms with Crippen LogP contribution in [0.5, 0.6) is 0 Å². The number of nitrogens with one attached hydrogen (secondary N) is 1. The lowest BCUT2D eigenvalue weighted by Crippen LogP contribution is -2.56. The summed E-state index contributed by atoms with van der Waals surface area (Å²) in [5.74, 6) is 0.229. The van der Waals surface area contributed by atoms with Gasteiger partial charge in [-0.1, -0.05) is 0 Å². The predicted octanol–water partition coefficient (Wildman–Crippen LogP) is 1.82. The van der Waals surface area contributed by atoms with Crippen molar-refractivity contribution >= 4 is 23.2 Å². The molecule has 1 aromatic heterocycles. The van der Waals surface area contributed by atoms with Gasteiger partial charge in [0.2, 0.25) is 11.8 Å². The fraction of sp³-hybridized carbons (Fsp3) is 0.700. The fourth-order valence-electron chi connectivity index (χ4n) is 5.25. The average Bonchev–Trinajstić information content (AvgIpc) is 3.18. The van der Waals surface area contributed by atoms with Crippen LogP contribution in [0.3, 0.4) is 0 Å². The van der Waals surface area contributed by atoms with Crippen molar-refractivity contribution < 1.29 is 19.1 Å². The largest absolute Gasteiger partial charge is 0.370 e. The summed E-state index contributed by atoms with van der Waals surface area (Å²) in [4.78, 5) is 28.1. The molecule has 1 N–H and O–H groups in total. The van der Waals surface area contributed by atoms with E-state index in [0.29, 0.717) is 0 Å². The van der Waals surface area contributed by atoms with Gasteiger partial charge in [0.25, 0.3) is 0 Å². The van der Waals surface area contributed by atoms with Crippen LogP contribution in [0.25, 0.3) is 0 Å². The van der Waals surface area contributed by atoms with E-state index in [1.807, 2.05) is 16.2 Å². The maximum atomic E-state index is 13.1. The number of ether oxygens (including phenoxy) is 2. The summed E-state index contributed by atoms with van der Waals surface area (Å²) in [5, 5.41) is 5.17. The minimum absolute atomic E-state index is 0.0132. The number of likely N-dealkylation sites (tertiary alicyclic amines) is 1. The quantitative estimate of drug-likeness (QED) is 0.794. The van der Waals surface area contributed by atoms with Crippen molar-refractivity contribution in [1.29, 1.82) is 0 Å². The lowest BCUT2D eigenvalue weighted by Gasteiger charge is -2.45. The Morgan fingerprint density at radius 2 is 2.15 bits per heavy atom. The molecule has 1 aliphatic carbocycles. The Hall–Kier alpha value is -1.44. The maximum Gasteiger partial charge on any atom is 0.246 e. The van der Waals surface area contributed by atoms with Gasteiger partial charge in [-0.05, 0) is 49.1 Å². The number of hydrogen-bond donors (Lipinski definition) is 1. The van der Waals surface area contributed by atoms with Crippen LogP contribution in [0.15, 0.2) is 11.4 Å². The van der Waals surface area contributed by atoms with Crippen LogP contribution in [-0.2, 0) is 31.1 Å². The maximum absolute atomic E-state index is 13.1. The van der Waals surface area contributed by atoms with Gasteiger partial charge in [0.05, 0.1) is 24.4 Å². The first-order chi connectivity index (χ1) is 13.1. The van der Waals surface area contributed by atoms with E-state index < -0.39 is 0 Å². The van der Waals surface area contributed by atoms with Crippen molar-refractivity contribution in [2.24, 2.45) is 5.92 Å². The molecule has 1 spiro atoms. The molecule has 146 valence electrons. The highest BCUT2D eigenvalue weighted by atomic mass is 32.1. The van der Waals surface area contributed by atoms with E-state index in [4.69, 9.17) is 9.47 Å². The van der Waals surface area contributed by atoms with E-state index in [0.717, 1.165) is 58.2 Å². The Labute approximate surface area is 163 Å². The molecule has 0 aromatic carbocycles. The van der Waals surface area contributed by atoms with Crippen LogP contribution in [0, 0.1) is 5.92 Å². The molecular weight excluding hydrogens is 364 g/mol. The molecule has 1 saturated carbocycles. The molecule has 27 heavy (non-hydrogen) atoms. The SMILES string of the molecule is O=C1CO[C@H]2C[C@@H](C(=O)N3CCC4(CC3)OCCc3sccc34)CC[C@@H]2N1. The van der Waals surface area contributed by atoms with Gasteiger partial charge in [0.1, 0.15) is 6.61 Å². The van der Waals surface area contributed by atoms with Gasteiger partial charge in [-0.25, -0.2) is 0 Å². The van der Waals surface area contributed by atoms with Crippen LogP contribution in [0.1, 0.15) is 42.5 Å². The number of carbonyl (C=O) groups excluding carboxylic acids is 2. The van der Waals surface area contributed by atoms with Crippen molar-refractivity contribution in [3.8, 4) is 0 Å². The molecule has 0 unspecified atom stereocenters. The molecule has 7 heteroatoms. The minimum atomic E-state index is -0.182. The van der Waals surface area contributed by atoms with Crippen LogP contribution in [0.4, 0.5) is 0 Å². The third-order valence-electron chi connectivity index (χ3n) is 6.74. The smallest absolute Gasteiger partial charge is 0.246 e. The number of piperidine rings is 1. The van der Waals surface area contributed by atoms with Crippen LogP contribution in [0.2, 0.25) is 0 Å². The van der Waals surface area contributed by atoms with Gasteiger partial charge in [0, 0.05) is 30.3 Å². The number of thiophene rings is 1. The van der Waals surface area contributed by atoms with Crippen LogP contribution in [-0.4, -0.2) is 55.2 Å². The second-order valence-corrected chi connectivity index (χ2v) is 9.21. The molecule has 3 fully saturated rings. The second kappa shape index (κ2) is 6.87. The van der Waals surface area contributed by atoms with E-state index in [2.05, 4.69) is 16.8 Å². The third kappa shape index (κ3) is 3.09. The first-order valence-electron chi connectivity index (χ1n) is 10.1. The molecule has 0 radical (unpaired) electrons. The molecule has 2 saturated heterocycles. The fourth-order valence-corrected chi connectivity index (χ4v) is 6.20. The minimum Gasteiger partial charge on any atom is -0.370 e. The Balaban J connectivity index is 1.22. The number of morpholine rings is 1. The molecule has 2 amide bonds. The van der Waals surface area contributed by atoms with E-state index in [-0.39, 0.29) is 42.1 Å². The molecule has 3 aliphatic heterocycles. The highest BCUT2D eigenvalue weighted by molar-refractivity contribution is 7.10. The summed E-state index contributed by atoms with van der Waals surface area (Å²) < 4.78 is 11.9. The van der Waals surface area contributed by atoms with E-state index in [1.165, 1.54) is 10.4 Å². The average molecular weight is 391 g/mol. The van der Waals surface area contributed by atoms with Crippen molar-refractivity contribution in [2.75, 3.05) is 26.3 Å². The summed E-state index contributed by atoms with van der Waals surface area (Å²) in [7, 11) is 0. The summed E-state index contributed by atoms with van der Waals surface area (Å²) in [6.45, 7) is 2.43. The van der Waals surface area contributed by atoms with Crippen molar-refractivity contribution in [3.05, 3.63) is 21.9 Å². The standard InChI is InChI=1S/C20H26N2O4S/c23-18-12-25-16-11-13(1-2-15(16)21-18)19(24)22-7-5-20(6-8-22)14-4-10-27-17(14)3-9-26-20/h4,10,13,15-16H,1-3,5-9,11-12H2,(H,21,23)/t13-,15-,16-/m0/s1. The molecule has 6 nitrogen and oxygen atoms in total. The van der Waals surface area contributed by atoms with Gasteiger partial charge >= 0.3 is 0 Å². The van der Waals surface area contributed by atoms with Crippen molar-refractivity contribution in [3.63, 3.8) is 0 Å². The Morgan fingerprint density at radius 3 is 3.00 bits per heavy atom. The Bertz CT molecular complexity index is 740. The normalized spacial score (nSPS) is 32.5. The number of carbonyl (C=O) groups is 2. The summed E-state index contributed by atoms with van der Waals surface area (Å²) in [5.41, 5.74) is 1.18. The van der Waals surface area contributed by atoms with Crippen molar-refractivity contribution in [2.45, 2.75) is 56.3 Å². The number of hydrogen-bond acceptors (Lipinski definition) is 5. The van der Waals surface area contributed by atoms with E-state index in [9.17, 15) is 9.59 Å². The van der Waals surface area contributed by atoms with Gasteiger partial charge < -0.3 is 19.7 Å². The molecule has 0 bridgehead atoms. The van der Waals surface area contributed by atoms with Crippen LogP contribution >= 0.6 is 11.3 Å². The number of nitrogens with zero attached hydrogens (tertiary/aromatic N) is 1. The second-order valence-electron chi connectivity index (χ2n) is 8.21. The summed E-state index contributed by atoms with van der Waals surface area (Å²) in [6, 6.07) is 2.29. The zero-order valence-corrected chi connectivity index (χ0v) is 16.3. The molecule has 4 aliphatic rings. The molecule has 1 aromatic rings. The number of fused-ring (bicyclic) bond motifs is 3. The lowest BCUT2D eigenvalue weighted by molar-refractivity contribution is -0.151. The molecule has 3 atom stereocenters. The Kier molecular flexibility index (Phi) is 4.49. The zero-order valence-electron chi connectivity index (χ0n) is 15.4. The Morgan fingerprint density at radius 1 is 1.30 bits per heavy atom. The number of amides is 2. The van der Waals surface area contributed by atoms with Gasteiger partial charge in [-0.15, -0.1) is 11.3 Å². The third-order valence-corrected chi connectivity index (χ3v) is 7.72. The summed E-state index contributed by atoms with van der Waals surface area (Å²) >= 11 is 1.83. The van der Waals surface area contributed by atoms with E-state index in [1.54, 1.807) is 0 Å². The topological polar surface area (TPSA) is 67.9 Å². The first kappa shape index (κ1) is 17.6. The highest BCUT2D eigenvalue weighted by Gasteiger charge is 2.44. The number of rotatable bonds is 1. The molecular formula is C20H26N2O4S. The lowest BCUT2D eigenvalue weighted by atomic mass is 9.80. The predicted molar refractivity (Wildman–Crippen MR) is 100 cm³/mol. The van der Waals surface area contributed by atoms with E-state index >= 15 is 0 Å². The highest BCUT2D eigenvalue weighted by Crippen LogP contribution is 2.43.